The van der Waals surface area contributed by atoms with Crippen LogP contribution in [0.4, 0.5) is 22.7 Å². The van der Waals surface area contributed by atoms with Gasteiger partial charge in [-0.15, -0.1) is 0 Å². The molecule has 0 aromatic heterocycles. The van der Waals surface area contributed by atoms with E-state index in [1.54, 1.807) is 66.7 Å². The lowest BCUT2D eigenvalue weighted by Gasteiger charge is -2.13. The van der Waals surface area contributed by atoms with Crippen molar-refractivity contribution in [3.63, 3.8) is 0 Å². The van der Waals surface area contributed by atoms with Crippen molar-refractivity contribution >= 4 is 69.3 Å². The third kappa shape index (κ3) is 9.68. The normalized spacial score (nSPS) is 12.2. The molecular weight excluding hydrogens is 715 g/mol. The van der Waals surface area contributed by atoms with Gasteiger partial charge in [0, 0.05) is 23.5 Å². The smallest absolute Gasteiger partial charge is 0.258 e. The summed E-state index contributed by atoms with van der Waals surface area (Å²) in [6.07, 6.45) is 0. The van der Waals surface area contributed by atoms with Gasteiger partial charge in [-0.05, 0) is 73.5 Å². The number of halogens is 2. The summed E-state index contributed by atoms with van der Waals surface area (Å²) in [6.45, 7) is 2.45. The number of benzene rings is 4. The molecule has 0 saturated heterocycles. The lowest BCUT2D eigenvalue weighted by atomic mass is 10.0. The van der Waals surface area contributed by atoms with Crippen LogP contribution in [0.5, 0.6) is 23.0 Å². The molecule has 14 nitrogen and oxygen atoms in total. The standard InChI is InChI=1S/C36H34Cl2N6O8/c1-19(45)32(35(47)39-24-11-13-28(49-3)30(17-24)51-5)42-41-23-9-7-21(8-10-23)22-15-26(37)34(27(38)16-22)44-43-33(20(2)46)36(48)40-25-12-14-29(50-4)31(18-25)52-6/h7-18,32-33H,1-6H3,(H,39,47)(H,40,48). The number of ether oxygens (including phenoxy) is 4. The Morgan fingerprint density at radius 1 is 0.558 bits per heavy atom. The molecule has 0 radical (unpaired) electrons. The number of nitrogens with zero attached hydrogens (tertiary/aromatic N) is 4. The van der Waals surface area contributed by atoms with Crippen molar-refractivity contribution in [1.82, 2.24) is 0 Å². The molecule has 4 aromatic carbocycles. The summed E-state index contributed by atoms with van der Waals surface area (Å²) in [7, 11) is 5.89. The van der Waals surface area contributed by atoms with Crippen molar-refractivity contribution in [1.29, 1.82) is 0 Å². The maximum atomic E-state index is 12.9. The first-order chi connectivity index (χ1) is 24.9. The molecule has 0 fully saturated rings. The fraction of sp³-hybridized carbons (Fsp3) is 0.222. The van der Waals surface area contributed by atoms with E-state index >= 15 is 0 Å². The first-order valence-electron chi connectivity index (χ1n) is 15.4. The molecule has 16 heteroatoms. The van der Waals surface area contributed by atoms with Crippen molar-refractivity contribution < 1.29 is 38.1 Å². The summed E-state index contributed by atoms with van der Waals surface area (Å²) in [6, 6.07) is 16.5. The number of amides is 2. The van der Waals surface area contributed by atoms with Crippen LogP contribution in [0.1, 0.15) is 13.8 Å². The molecule has 4 aromatic rings. The van der Waals surface area contributed by atoms with E-state index < -0.39 is 35.5 Å². The van der Waals surface area contributed by atoms with Crippen LogP contribution in [-0.2, 0) is 19.2 Å². The highest BCUT2D eigenvalue weighted by Gasteiger charge is 2.25. The number of hydrogen-bond donors (Lipinski definition) is 2. The average Bonchev–Trinajstić information content (AvgIpc) is 3.12. The van der Waals surface area contributed by atoms with Crippen LogP contribution in [0.15, 0.2) is 93.3 Å². The second kappa shape index (κ2) is 17.9. The molecule has 2 amide bonds. The number of carbonyl (C=O) groups is 4. The number of rotatable bonds is 15. The summed E-state index contributed by atoms with van der Waals surface area (Å²) in [5.74, 6) is -0.738. The van der Waals surface area contributed by atoms with Crippen LogP contribution in [-0.4, -0.2) is 63.9 Å². The number of Topliss-reactive ketones (excluding diaryl/α,β-unsaturated/α-hetero) is 2. The number of anilines is 2. The average molecular weight is 750 g/mol. The van der Waals surface area contributed by atoms with Crippen molar-refractivity contribution in [2.75, 3.05) is 39.1 Å². The Morgan fingerprint density at radius 3 is 1.38 bits per heavy atom. The SMILES string of the molecule is COc1ccc(NC(=O)C(N=Nc2ccc(-c3cc(Cl)c(N=NC(C(C)=O)C(=O)Nc4ccc(OC)c(OC)c4)c(Cl)c3)cc2)C(C)=O)cc1OC. The molecule has 2 atom stereocenters. The highest BCUT2D eigenvalue weighted by atomic mass is 35.5. The second-order valence-electron chi connectivity index (χ2n) is 10.9. The van der Waals surface area contributed by atoms with Crippen LogP contribution in [0.3, 0.4) is 0 Å². The third-order valence-corrected chi connectivity index (χ3v) is 7.92. The lowest BCUT2D eigenvalue weighted by Crippen LogP contribution is -2.31. The molecule has 2 unspecified atom stereocenters. The third-order valence-electron chi connectivity index (χ3n) is 7.35. The highest BCUT2D eigenvalue weighted by molar-refractivity contribution is 6.39. The second-order valence-corrected chi connectivity index (χ2v) is 11.7. The van der Waals surface area contributed by atoms with Gasteiger partial charge in [-0.1, -0.05) is 35.3 Å². The van der Waals surface area contributed by atoms with E-state index in [0.29, 0.717) is 51.2 Å². The minimum absolute atomic E-state index is 0.0595. The molecular formula is C36H34Cl2N6O8. The molecule has 2 N–H and O–H groups in total. The molecule has 0 heterocycles. The fourth-order valence-electron chi connectivity index (χ4n) is 4.67. The summed E-state index contributed by atoms with van der Waals surface area (Å²) < 4.78 is 20.9. The molecule has 4 rings (SSSR count). The summed E-state index contributed by atoms with van der Waals surface area (Å²) in [4.78, 5) is 50.4. The highest BCUT2D eigenvalue weighted by Crippen LogP contribution is 2.39. The Kier molecular flexibility index (Phi) is 13.4. The fourth-order valence-corrected chi connectivity index (χ4v) is 5.24. The zero-order valence-electron chi connectivity index (χ0n) is 28.9. The van der Waals surface area contributed by atoms with Gasteiger partial charge in [0.25, 0.3) is 11.8 Å². The zero-order valence-corrected chi connectivity index (χ0v) is 30.4. The van der Waals surface area contributed by atoms with E-state index in [-0.39, 0.29) is 15.7 Å². The number of hydrogen-bond acceptors (Lipinski definition) is 12. The van der Waals surface area contributed by atoms with E-state index in [1.807, 2.05) is 0 Å². The van der Waals surface area contributed by atoms with E-state index in [9.17, 15) is 19.2 Å². The van der Waals surface area contributed by atoms with Gasteiger partial charge in [-0.25, -0.2) is 0 Å². The number of methoxy groups -OCH3 is 4. The molecule has 0 aliphatic heterocycles. The quantitative estimate of drug-likeness (QED) is 0.0905. The van der Waals surface area contributed by atoms with Crippen LogP contribution in [0, 0.1) is 0 Å². The molecule has 0 aliphatic rings. The van der Waals surface area contributed by atoms with Crippen LogP contribution in [0.2, 0.25) is 10.0 Å². The molecule has 52 heavy (non-hydrogen) atoms. The first-order valence-corrected chi connectivity index (χ1v) is 16.1. The van der Waals surface area contributed by atoms with Crippen molar-refractivity contribution in [2.24, 2.45) is 20.5 Å². The Labute approximate surface area is 309 Å². The van der Waals surface area contributed by atoms with Gasteiger partial charge in [-0.2, -0.15) is 20.5 Å². The van der Waals surface area contributed by atoms with Crippen LogP contribution < -0.4 is 29.6 Å². The minimum Gasteiger partial charge on any atom is -0.493 e. The number of nitrogens with one attached hydrogen (secondary N) is 2. The van der Waals surface area contributed by atoms with E-state index in [0.717, 1.165) is 0 Å². The Morgan fingerprint density at radius 2 is 0.981 bits per heavy atom. The predicted molar refractivity (Wildman–Crippen MR) is 196 cm³/mol. The van der Waals surface area contributed by atoms with Crippen molar-refractivity contribution in [3.05, 3.63) is 82.8 Å². The number of ketones is 2. The zero-order chi connectivity index (χ0) is 37.9. The lowest BCUT2D eigenvalue weighted by molar-refractivity contribution is -0.127. The first kappa shape index (κ1) is 38.9. The minimum atomic E-state index is -1.48. The Hall–Kier alpha value is -5.86. The van der Waals surface area contributed by atoms with Crippen molar-refractivity contribution in [3.8, 4) is 34.1 Å². The Balaban J connectivity index is 1.46. The van der Waals surface area contributed by atoms with Gasteiger partial charge >= 0.3 is 0 Å². The summed E-state index contributed by atoms with van der Waals surface area (Å²) >= 11 is 13.0. The number of azo groups is 2. The summed E-state index contributed by atoms with van der Waals surface area (Å²) in [5, 5.41) is 21.6. The van der Waals surface area contributed by atoms with E-state index in [1.165, 1.54) is 48.4 Å². The van der Waals surface area contributed by atoms with E-state index in [2.05, 4.69) is 31.1 Å². The molecule has 0 spiro atoms. The van der Waals surface area contributed by atoms with Crippen LogP contribution in [0.25, 0.3) is 11.1 Å². The van der Waals surface area contributed by atoms with Gasteiger partial charge in [0.05, 0.1) is 44.2 Å². The van der Waals surface area contributed by atoms with Gasteiger partial charge < -0.3 is 29.6 Å². The van der Waals surface area contributed by atoms with E-state index in [4.69, 9.17) is 42.1 Å². The molecule has 0 aliphatic carbocycles. The van der Waals surface area contributed by atoms with Gasteiger partial charge in [-0.3, -0.25) is 19.2 Å². The van der Waals surface area contributed by atoms with Gasteiger partial charge in [0.2, 0.25) is 12.1 Å². The van der Waals surface area contributed by atoms with Crippen molar-refractivity contribution in [2.45, 2.75) is 25.9 Å². The van der Waals surface area contributed by atoms with Crippen LogP contribution >= 0.6 is 23.2 Å². The molecule has 0 bridgehead atoms. The van der Waals surface area contributed by atoms with Gasteiger partial charge in [0.15, 0.2) is 34.6 Å². The number of carbonyl (C=O) groups excluding carboxylic acids is 4. The summed E-state index contributed by atoms with van der Waals surface area (Å²) in [5.41, 5.74) is 2.47. The maximum Gasteiger partial charge on any atom is 0.258 e. The Bertz CT molecular complexity index is 2010. The monoisotopic (exact) mass is 748 g/mol. The molecule has 270 valence electrons. The maximum absolute atomic E-state index is 12.9. The molecule has 0 saturated carbocycles. The topological polar surface area (TPSA) is 179 Å². The van der Waals surface area contributed by atoms with Gasteiger partial charge in [0.1, 0.15) is 5.69 Å². The largest absolute Gasteiger partial charge is 0.493 e. The predicted octanol–water partition coefficient (Wildman–Crippen LogP) is 8.05.